The van der Waals surface area contributed by atoms with E-state index < -0.39 is 0 Å². The highest BCUT2D eigenvalue weighted by Gasteiger charge is 2.19. The molecular weight excluding hydrogens is 336 g/mol. The van der Waals surface area contributed by atoms with E-state index in [-0.39, 0.29) is 0 Å². The van der Waals surface area contributed by atoms with Gasteiger partial charge in [0.05, 0.1) is 0 Å². The second-order valence-corrected chi connectivity index (χ2v) is 7.38. The van der Waals surface area contributed by atoms with Crippen molar-refractivity contribution in [2.45, 2.75) is 13.1 Å². The molecule has 0 aliphatic carbocycles. The van der Waals surface area contributed by atoms with Gasteiger partial charge in [-0.25, -0.2) is 0 Å². The molecule has 1 saturated heterocycles. The largest absolute Gasteiger partial charge is 0.454 e. The lowest BCUT2D eigenvalue weighted by molar-refractivity contribution is 0.122. The van der Waals surface area contributed by atoms with Gasteiger partial charge in [0, 0.05) is 39.3 Å². The highest BCUT2D eigenvalue weighted by molar-refractivity contribution is 5.85. The van der Waals surface area contributed by atoms with Crippen LogP contribution in [0, 0.1) is 0 Å². The maximum absolute atomic E-state index is 5.50. The summed E-state index contributed by atoms with van der Waals surface area (Å²) in [5, 5.41) is 2.71. The standard InChI is InChI=1S/C23H24N2O2/c1-2-7-21-19(4-1)5-3-6-20(21)16-25-12-10-24(11-13-25)15-18-8-9-22-23(14-18)27-17-26-22/h1-9,14H,10-13,15-17H2. The number of ether oxygens (including phenoxy) is 2. The van der Waals surface area contributed by atoms with Gasteiger partial charge in [-0.2, -0.15) is 0 Å². The molecule has 2 heterocycles. The predicted molar refractivity (Wildman–Crippen MR) is 107 cm³/mol. The Morgan fingerprint density at radius 2 is 1.44 bits per heavy atom. The van der Waals surface area contributed by atoms with Crippen molar-refractivity contribution >= 4 is 10.8 Å². The average molecular weight is 360 g/mol. The summed E-state index contributed by atoms with van der Waals surface area (Å²) in [7, 11) is 0. The minimum Gasteiger partial charge on any atom is -0.454 e. The van der Waals surface area contributed by atoms with Gasteiger partial charge in [0.15, 0.2) is 11.5 Å². The van der Waals surface area contributed by atoms with Crippen LogP contribution in [0.5, 0.6) is 11.5 Å². The monoisotopic (exact) mass is 360 g/mol. The van der Waals surface area contributed by atoms with Gasteiger partial charge in [-0.05, 0) is 34.0 Å². The summed E-state index contributed by atoms with van der Waals surface area (Å²) in [5.41, 5.74) is 2.72. The van der Waals surface area contributed by atoms with E-state index in [1.807, 2.05) is 6.07 Å². The molecule has 138 valence electrons. The van der Waals surface area contributed by atoms with E-state index in [0.29, 0.717) is 6.79 Å². The third kappa shape index (κ3) is 3.51. The SMILES string of the molecule is c1ccc2c(CN3CCN(Cc4ccc5c(c4)OCO5)CC3)cccc2c1. The van der Waals surface area contributed by atoms with Crippen LogP contribution >= 0.6 is 0 Å². The van der Waals surface area contributed by atoms with Crippen molar-refractivity contribution in [1.82, 2.24) is 9.80 Å². The zero-order valence-electron chi connectivity index (χ0n) is 15.4. The first kappa shape index (κ1) is 16.6. The molecule has 2 aliphatic heterocycles. The number of benzene rings is 3. The Morgan fingerprint density at radius 1 is 0.704 bits per heavy atom. The fourth-order valence-electron chi connectivity index (χ4n) is 4.07. The summed E-state index contributed by atoms with van der Waals surface area (Å²) in [6.07, 6.45) is 0. The van der Waals surface area contributed by atoms with E-state index in [4.69, 9.17) is 9.47 Å². The fourth-order valence-corrected chi connectivity index (χ4v) is 4.07. The third-order valence-electron chi connectivity index (χ3n) is 5.58. The lowest BCUT2D eigenvalue weighted by Gasteiger charge is -2.35. The zero-order valence-corrected chi connectivity index (χ0v) is 15.4. The quantitative estimate of drug-likeness (QED) is 0.705. The van der Waals surface area contributed by atoms with Crippen molar-refractivity contribution in [3.05, 3.63) is 71.8 Å². The molecule has 0 radical (unpaired) electrons. The van der Waals surface area contributed by atoms with Gasteiger partial charge in [0.25, 0.3) is 0 Å². The molecule has 4 heteroatoms. The van der Waals surface area contributed by atoms with Gasteiger partial charge in [0.2, 0.25) is 6.79 Å². The van der Waals surface area contributed by atoms with Crippen molar-refractivity contribution in [2.24, 2.45) is 0 Å². The lowest BCUT2D eigenvalue weighted by atomic mass is 10.0. The molecule has 0 bridgehead atoms. The second-order valence-electron chi connectivity index (χ2n) is 7.38. The minimum absolute atomic E-state index is 0.339. The molecule has 0 unspecified atom stereocenters. The summed E-state index contributed by atoms with van der Waals surface area (Å²) in [6.45, 7) is 6.74. The third-order valence-corrected chi connectivity index (χ3v) is 5.58. The molecule has 2 aliphatic rings. The Balaban J connectivity index is 1.20. The van der Waals surface area contributed by atoms with Crippen LogP contribution in [0.1, 0.15) is 11.1 Å². The second kappa shape index (κ2) is 7.22. The number of nitrogens with zero attached hydrogens (tertiary/aromatic N) is 2. The first-order chi connectivity index (χ1) is 13.3. The predicted octanol–water partition coefficient (Wildman–Crippen LogP) is 3.89. The van der Waals surface area contributed by atoms with Crippen molar-refractivity contribution in [1.29, 1.82) is 0 Å². The van der Waals surface area contributed by atoms with Gasteiger partial charge in [-0.15, -0.1) is 0 Å². The van der Waals surface area contributed by atoms with Gasteiger partial charge in [-0.1, -0.05) is 48.5 Å². The molecule has 1 fully saturated rings. The maximum Gasteiger partial charge on any atom is 0.231 e. The molecular formula is C23H24N2O2. The Hall–Kier alpha value is -2.56. The van der Waals surface area contributed by atoms with E-state index in [2.05, 4.69) is 64.4 Å². The molecule has 0 N–H and O–H groups in total. The zero-order chi connectivity index (χ0) is 18.1. The first-order valence-corrected chi connectivity index (χ1v) is 9.65. The molecule has 3 aromatic carbocycles. The fraction of sp³-hybridized carbons (Fsp3) is 0.304. The van der Waals surface area contributed by atoms with Crippen molar-refractivity contribution < 1.29 is 9.47 Å². The van der Waals surface area contributed by atoms with Crippen LogP contribution in [-0.2, 0) is 13.1 Å². The number of piperazine rings is 1. The maximum atomic E-state index is 5.50. The van der Waals surface area contributed by atoms with Gasteiger partial charge >= 0.3 is 0 Å². The molecule has 4 nitrogen and oxygen atoms in total. The minimum atomic E-state index is 0.339. The first-order valence-electron chi connectivity index (χ1n) is 9.65. The summed E-state index contributed by atoms with van der Waals surface area (Å²) >= 11 is 0. The number of rotatable bonds is 4. The van der Waals surface area contributed by atoms with Gasteiger partial charge in [0.1, 0.15) is 0 Å². The van der Waals surface area contributed by atoms with E-state index in [0.717, 1.165) is 50.8 Å². The number of hydrogen-bond donors (Lipinski definition) is 0. The normalized spacial score (nSPS) is 17.5. The van der Waals surface area contributed by atoms with E-state index in [9.17, 15) is 0 Å². The van der Waals surface area contributed by atoms with Crippen LogP contribution in [0.3, 0.4) is 0 Å². The van der Waals surface area contributed by atoms with Crippen molar-refractivity contribution in [2.75, 3.05) is 33.0 Å². The number of fused-ring (bicyclic) bond motifs is 2. The Morgan fingerprint density at radius 3 is 2.33 bits per heavy atom. The summed E-state index contributed by atoms with van der Waals surface area (Å²) in [5.74, 6) is 1.74. The Kier molecular flexibility index (Phi) is 4.44. The van der Waals surface area contributed by atoms with Crippen LogP contribution in [0.4, 0.5) is 0 Å². The van der Waals surface area contributed by atoms with E-state index in [1.165, 1.54) is 21.9 Å². The Labute approximate surface area is 159 Å². The van der Waals surface area contributed by atoms with Crippen LogP contribution in [-0.4, -0.2) is 42.8 Å². The lowest BCUT2D eigenvalue weighted by Crippen LogP contribution is -2.45. The summed E-state index contributed by atoms with van der Waals surface area (Å²) in [4.78, 5) is 5.09. The molecule has 27 heavy (non-hydrogen) atoms. The molecule has 0 amide bonds. The van der Waals surface area contributed by atoms with Gasteiger partial charge in [-0.3, -0.25) is 9.80 Å². The molecule has 0 atom stereocenters. The Bertz CT molecular complexity index is 943. The average Bonchev–Trinajstić information content (AvgIpc) is 3.18. The summed E-state index contributed by atoms with van der Waals surface area (Å²) in [6, 6.07) is 21.6. The molecule has 0 spiro atoms. The number of hydrogen-bond acceptors (Lipinski definition) is 4. The molecule has 0 aromatic heterocycles. The van der Waals surface area contributed by atoms with Crippen molar-refractivity contribution in [3.8, 4) is 11.5 Å². The molecule has 3 aromatic rings. The van der Waals surface area contributed by atoms with Crippen LogP contribution in [0.2, 0.25) is 0 Å². The highest BCUT2D eigenvalue weighted by Crippen LogP contribution is 2.33. The topological polar surface area (TPSA) is 24.9 Å². The van der Waals surface area contributed by atoms with Gasteiger partial charge < -0.3 is 9.47 Å². The van der Waals surface area contributed by atoms with Crippen LogP contribution in [0.15, 0.2) is 60.7 Å². The summed E-state index contributed by atoms with van der Waals surface area (Å²) < 4.78 is 10.9. The van der Waals surface area contributed by atoms with Crippen LogP contribution in [0.25, 0.3) is 10.8 Å². The van der Waals surface area contributed by atoms with E-state index >= 15 is 0 Å². The smallest absolute Gasteiger partial charge is 0.231 e. The van der Waals surface area contributed by atoms with Crippen LogP contribution < -0.4 is 9.47 Å². The molecule has 5 rings (SSSR count). The van der Waals surface area contributed by atoms with E-state index in [1.54, 1.807) is 0 Å². The highest BCUT2D eigenvalue weighted by atomic mass is 16.7. The molecule has 0 saturated carbocycles. The van der Waals surface area contributed by atoms with Crippen molar-refractivity contribution in [3.63, 3.8) is 0 Å².